The Morgan fingerprint density at radius 1 is 0.792 bits per heavy atom. The van der Waals surface area contributed by atoms with Crippen molar-refractivity contribution >= 4 is 63.3 Å². The summed E-state index contributed by atoms with van der Waals surface area (Å²) in [5.41, 5.74) is 0.771. The first-order valence-electron chi connectivity index (χ1n) is 6.33. The van der Waals surface area contributed by atoms with Crippen molar-refractivity contribution < 1.29 is 16.8 Å². The van der Waals surface area contributed by atoms with Gasteiger partial charge in [-0.15, -0.1) is 0 Å². The van der Waals surface area contributed by atoms with E-state index in [1.54, 1.807) is 0 Å². The van der Waals surface area contributed by atoms with Gasteiger partial charge < -0.3 is 0 Å². The van der Waals surface area contributed by atoms with Crippen molar-refractivity contribution in [3.8, 4) is 21.5 Å². The lowest BCUT2D eigenvalue weighted by atomic mass is 10.2. The Balaban J connectivity index is 3.25. The Kier molecular flexibility index (Phi) is 7.61. The highest BCUT2D eigenvalue weighted by atomic mass is 79.9. The second-order valence-corrected chi connectivity index (χ2v) is 9.20. The molecule has 0 aliphatic heterocycles. The predicted octanol–water partition coefficient (Wildman–Crippen LogP) is 1.93. The smallest absolute Gasteiger partial charge is 0.233 e. The molecule has 1 rings (SSSR count). The Bertz CT molecular complexity index is 828. The third-order valence-electron chi connectivity index (χ3n) is 2.81. The molecule has 24 heavy (non-hydrogen) atoms. The van der Waals surface area contributed by atoms with Crippen molar-refractivity contribution in [1.82, 2.24) is 0 Å². The number of halogens is 2. The molecule has 0 bridgehead atoms. The first kappa shape index (κ1) is 20.8. The van der Waals surface area contributed by atoms with Gasteiger partial charge in [0, 0.05) is 31.9 Å². The molecule has 0 spiro atoms. The molecule has 0 atom stereocenters. The molecule has 1 aromatic carbocycles. The Hall–Kier alpha value is -1.20. The van der Waals surface area contributed by atoms with Crippen LogP contribution in [0.1, 0.15) is 0 Å². The van der Waals surface area contributed by atoms with Gasteiger partial charge in [-0.25, -0.2) is 16.8 Å². The topological polar surface area (TPSA) is 74.8 Å². The van der Waals surface area contributed by atoms with E-state index in [1.165, 1.54) is 24.3 Å². The summed E-state index contributed by atoms with van der Waals surface area (Å²) in [5.74, 6) is 5.25. The Labute approximate surface area is 159 Å². The fraction of sp³-hybridized carbons (Fsp3) is 0.286. The maximum atomic E-state index is 11.9. The number of rotatable bonds is 6. The molecule has 0 heterocycles. The van der Waals surface area contributed by atoms with Gasteiger partial charge in [-0.05, 0) is 33.9 Å². The maximum Gasteiger partial charge on any atom is 0.233 e. The summed E-state index contributed by atoms with van der Waals surface area (Å²) in [6.45, 7) is -0.0391. The van der Waals surface area contributed by atoms with Crippen LogP contribution in [0.2, 0.25) is 0 Å². The quantitative estimate of drug-likeness (QED) is 0.563. The monoisotopic (exact) mass is 496 g/mol. The lowest BCUT2D eigenvalue weighted by Crippen LogP contribution is -2.31. The Morgan fingerprint density at radius 2 is 1.08 bits per heavy atom. The van der Waals surface area contributed by atoms with Crippen LogP contribution in [0.15, 0.2) is 24.3 Å². The van der Waals surface area contributed by atoms with Crippen LogP contribution in [0.5, 0.6) is 0 Å². The average Bonchev–Trinajstić information content (AvgIpc) is 2.47. The first-order chi connectivity index (χ1) is 11.1. The van der Waals surface area contributed by atoms with Gasteiger partial charge in [-0.3, -0.25) is 8.61 Å². The highest BCUT2D eigenvalue weighted by Crippen LogP contribution is 2.23. The zero-order valence-corrected chi connectivity index (χ0v) is 17.6. The summed E-state index contributed by atoms with van der Waals surface area (Å²) >= 11 is 5.84. The molecule has 0 saturated carbocycles. The van der Waals surface area contributed by atoms with Gasteiger partial charge in [0.1, 0.15) is 0 Å². The first-order valence-corrected chi connectivity index (χ1v) is 11.6. The standard InChI is InChI=1S/C14H14Br2N2O4S2/c1-23(19,20)17(11-3-9-15)13-5-7-14(8-6-13)18(12-4-10-16)24(2,21)22/h5-8H,11-12H2,1-2H3. The lowest BCUT2D eigenvalue weighted by Gasteiger charge is -2.23. The summed E-state index contributed by atoms with van der Waals surface area (Å²) < 4.78 is 49.7. The highest BCUT2D eigenvalue weighted by molar-refractivity contribution is 9.12. The molecule has 6 nitrogen and oxygen atoms in total. The van der Waals surface area contributed by atoms with Crippen LogP contribution >= 0.6 is 31.9 Å². The molecule has 0 radical (unpaired) electrons. The van der Waals surface area contributed by atoms with Crippen molar-refractivity contribution in [3.05, 3.63) is 24.3 Å². The molecular weight excluding hydrogens is 484 g/mol. The van der Waals surface area contributed by atoms with Crippen LogP contribution in [-0.4, -0.2) is 42.4 Å². The summed E-state index contributed by atoms with van der Waals surface area (Å²) in [6, 6.07) is 6.08. The van der Waals surface area contributed by atoms with Gasteiger partial charge >= 0.3 is 0 Å². The number of sulfonamides is 2. The molecule has 0 aromatic heterocycles. The van der Waals surface area contributed by atoms with Gasteiger partial charge in [-0.1, -0.05) is 11.8 Å². The van der Waals surface area contributed by atoms with Crippen molar-refractivity contribution in [2.24, 2.45) is 0 Å². The van der Waals surface area contributed by atoms with Gasteiger partial charge in [0.15, 0.2) is 0 Å². The SMILES string of the molecule is CS(=O)(=O)N(CC#CBr)c1ccc(N(CC#CBr)S(C)(=O)=O)cc1. The van der Waals surface area contributed by atoms with E-state index < -0.39 is 20.0 Å². The Morgan fingerprint density at radius 3 is 1.29 bits per heavy atom. The molecule has 0 saturated heterocycles. The van der Waals surface area contributed by atoms with Gasteiger partial charge in [0.2, 0.25) is 20.0 Å². The molecule has 0 aliphatic carbocycles. The number of hydrogen-bond donors (Lipinski definition) is 0. The van der Waals surface area contributed by atoms with Crippen LogP contribution in [0.3, 0.4) is 0 Å². The summed E-state index contributed by atoms with van der Waals surface area (Å²) in [7, 11) is -7.03. The van der Waals surface area contributed by atoms with Crippen LogP contribution < -0.4 is 8.61 Å². The van der Waals surface area contributed by atoms with Gasteiger partial charge in [0.25, 0.3) is 0 Å². The maximum absolute atomic E-state index is 11.9. The van der Waals surface area contributed by atoms with E-state index in [0.717, 1.165) is 21.1 Å². The van der Waals surface area contributed by atoms with E-state index >= 15 is 0 Å². The minimum atomic E-state index is -3.52. The van der Waals surface area contributed by atoms with Crippen molar-refractivity contribution in [3.63, 3.8) is 0 Å². The summed E-state index contributed by atoms with van der Waals surface area (Å²) in [5, 5.41) is 0. The normalized spacial score (nSPS) is 10.8. The van der Waals surface area contributed by atoms with Crippen LogP contribution in [0.25, 0.3) is 0 Å². The summed E-state index contributed by atoms with van der Waals surface area (Å²) in [4.78, 5) is 4.92. The second-order valence-electron chi connectivity index (χ2n) is 4.60. The van der Waals surface area contributed by atoms with E-state index in [0.29, 0.717) is 11.4 Å². The molecule has 10 heteroatoms. The zero-order chi connectivity index (χ0) is 18.4. The van der Waals surface area contributed by atoms with Crippen LogP contribution in [-0.2, 0) is 20.0 Å². The van der Waals surface area contributed by atoms with Crippen molar-refractivity contribution in [1.29, 1.82) is 0 Å². The molecule has 0 aliphatic rings. The van der Waals surface area contributed by atoms with Gasteiger partial charge in [-0.2, -0.15) is 0 Å². The molecule has 130 valence electrons. The summed E-state index contributed by atoms with van der Waals surface area (Å²) in [6.07, 6.45) is 2.15. The molecule has 0 N–H and O–H groups in total. The molecule has 0 unspecified atom stereocenters. The molecular formula is C14H14Br2N2O4S2. The molecule has 0 amide bonds. The van der Waals surface area contributed by atoms with Gasteiger partial charge in [0.05, 0.1) is 37.0 Å². The van der Waals surface area contributed by atoms with Crippen molar-refractivity contribution in [2.45, 2.75) is 0 Å². The van der Waals surface area contributed by atoms with E-state index in [2.05, 4.69) is 53.4 Å². The largest absolute Gasteiger partial charge is 0.258 e. The van der Waals surface area contributed by atoms with E-state index in [-0.39, 0.29) is 13.1 Å². The molecule has 0 fully saturated rings. The lowest BCUT2D eigenvalue weighted by molar-refractivity contribution is 0.597. The third kappa shape index (κ3) is 6.02. The second kappa shape index (κ2) is 8.77. The fourth-order valence-corrected chi connectivity index (χ4v) is 3.65. The van der Waals surface area contributed by atoms with E-state index in [4.69, 9.17) is 0 Å². The third-order valence-corrected chi connectivity index (χ3v) is 5.65. The molecule has 1 aromatic rings. The number of benzene rings is 1. The van der Waals surface area contributed by atoms with E-state index in [9.17, 15) is 16.8 Å². The number of anilines is 2. The van der Waals surface area contributed by atoms with Crippen LogP contribution in [0, 0.1) is 21.5 Å². The number of nitrogens with zero attached hydrogens (tertiary/aromatic N) is 2. The van der Waals surface area contributed by atoms with E-state index in [1.807, 2.05) is 0 Å². The highest BCUT2D eigenvalue weighted by Gasteiger charge is 2.19. The predicted molar refractivity (Wildman–Crippen MR) is 104 cm³/mol. The number of hydrogen-bond acceptors (Lipinski definition) is 4. The minimum absolute atomic E-state index is 0.0196. The van der Waals surface area contributed by atoms with Crippen molar-refractivity contribution in [2.75, 3.05) is 34.2 Å². The van der Waals surface area contributed by atoms with Crippen LogP contribution in [0.4, 0.5) is 11.4 Å². The minimum Gasteiger partial charge on any atom is -0.258 e. The fourth-order valence-electron chi connectivity index (χ4n) is 1.79. The zero-order valence-electron chi connectivity index (χ0n) is 12.8. The average molecular weight is 498 g/mol.